The van der Waals surface area contributed by atoms with Crippen LogP contribution in [0.15, 0.2) is 89.3 Å². The van der Waals surface area contributed by atoms with Gasteiger partial charge in [-0.2, -0.15) is 0 Å². The second kappa shape index (κ2) is 6.88. The molecule has 0 unspecified atom stereocenters. The molecule has 0 fully saturated rings. The van der Waals surface area contributed by atoms with Crippen molar-refractivity contribution in [1.82, 2.24) is 0 Å². The van der Waals surface area contributed by atoms with Crippen LogP contribution in [-0.2, 0) is 5.41 Å². The Morgan fingerprint density at radius 3 is 2.00 bits per heavy atom. The Bertz CT molecular complexity index is 1360. The van der Waals surface area contributed by atoms with Crippen molar-refractivity contribution < 1.29 is 4.42 Å². The summed E-state index contributed by atoms with van der Waals surface area (Å²) in [5.74, 6) is 0. The molecule has 4 aromatic carbocycles. The van der Waals surface area contributed by atoms with Gasteiger partial charge in [0.1, 0.15) is 11.2 Å². The number of rotatable bonds is 2. The molecule has 0 aliphatic heterocycles. The zero-order chi connectivity index (χ0) is 20.9. The molecular formula is C29H26O. The lowest BCUT2D eigenvalue weighted by Gasteiger charge is -2.27. The van der Waals surface area contributed by atoms with E-state index in [9.17, 15) is 0 Å². The van der Waals surface area contributed by atoms with E-state index in [2.05, 4.69) is 100 Å². The van der Waals surface area contributed by atoms with Gasteiger partial charge in [0.2, 0.25) is 0 Å². The van der Waals surface area contributed by atoms with Gasteiger partial charge in [-0.05, 0) is 52.3 Å². The molecule has 0 spiro atoms. The number of benzene rings is 4. The van der Waals surface area contributed by atoms with Crippen LogP contribution in [0.3, 0.4) is 0 Å². The maximum atomic E-state index is 6.17. The first-order chi connectivity index (χ1) is 14.4. The van der Waals surface area contributed by atoms with Crippen LogP contribution in [0.4, 0.5) is 0 Å². The fourth-order valence-corrected chi connectivity index (χ4v) is 4.56. The summed E-state index contributed by atoms with van der Waals surface area (Å²) in [5, 5.41) is 2.36. The van der Waals surface area contributed by atoms with Crippen LogP contribution in [-0.4, -0.2) is 0 Å². The van der Waals surface area contributed by atoms with E-state index in [-0.39, 0.29) is 5.41 Å². The first-order valence-corrected chi connectivity index (χ1v) is 10.5. The number of furan rings is 1. The van der Waals surface area contributed by atoms with Crippen molar-refractivity contribution in [3.63, 3.8) is 0 Å². The van der Waals surface area contributed by atoms with Crippen LogP contribution in [0.25, 0.3) is 44.2 Å². The first-order valence-electron chi connectivity index (χ1n) is 10.5. The molecule has 0 aliphatic rings. The van der Waals surface area contributed by atoms with Crippen molar-refractivity contribution in [3.05, 3.63) is 96.1 Å². The molecule has 5 rings (SSSR count). The highest BCUT2D eigenvalue weighted by Gasteiger charge is 2.25. The Kier molecular flexibility index (Phi) is 4.29. The summed E-state index contributed by atoms with van der Waals surface area (Å²) in [6, 6.07) is 30.3. The van der Waals surface area contributed by atoms with Gasteiger partial charge >= 0.3 is 0 Å². The second-order valence-electron chi connectivity index (χ2n) is 9.12. The van der Waals surface area contributed by atoms with Crippen molar-refractivity contribution in [2.75, 3.05) is 0 Å². The van der Waals surface area contributed by atoms with Gasteiger partial charge in [0.25, 0.3) is 0 Å². The van der Waals surface area contributed by atoms with Gasteiger partial charge in [-0.1, -0.05) is 99.1 Å². The topological polar surface area (TPSA) is 13.1 Å². The SMILES string of the molecule is Cc1ccc(-c2cccc(-c3cccc4oc5ccccc5c34)c2C(C)(C)C)cc1. The van der Waals surface area contributed by atoms with Gasteiger partial charge in [0.05, 0.1) is 0 Å². The summed E-state index contributed by atoms with van der Waals surface area (Å²) < 4.78 is 6.17. The largest absolute Gasteiger partial charge is 0.456 e. The average molecular weight is 391 g/mol. The third-order valence-electron chi connectivity index (χ3n) is 5.87. The van der Waals surface area contributed by atoms with Crippen molar-refractivity contribution in [3.8, 4) is 22.3 Å². The molecule has 0 atom stereocenters. The van der Waals surface area contributed by atoms with Gasteiger partial charge in [-0.15, -0.1) is 0 Å². The minimum Gasteiger partial charge on any atom is -0.456 e. The molecule has 148 valence electrons. The minimum atomic E-state index is -0.0154. The zero-order valence-corrected chi connectivity index (χ0v) is 18.0. The van der Waals surface area contributed by atoms with Crippen LogP contribution in [0, 0.1) is 6.92 Å². The van der Waals surface area contributed by atoms with Crippen LogP contribution >= 0.6 is 0 Å². The van der Waals surface area contributed by atoms with E-state index in [0.29, 0.717) is 0 Å². The number of aryl methyl sites for hydroxylation is 1. The van der Waals surface area contributed by atoms with Gasteiger partial charge in [-0.3, -0.25) is 0 Å². The molecule has 0 amide bonds. The Morgan fingerprint density at radius 2 is 1.23 bits per heavy atom. The van der Waals surface area contributed by atoms with E-state index in [0.717, 1.165) is 11.2 Å². The van der Waals surface area contributed by atoms with Crippen LogP contribution < -0.4 is 0 Å². The molecule has 0 bridgehead atoms. The lowest BCUT2D eigenvalue weighted by atomic mass is 9.77. The molecule has 5 aromatic rings. The van der Waals surface area contributed by atoms with Crippen LogP contribution in [0.1, 0.15) is 31.9 Å². The van der Waals surface area contributed by atoms with E-state index < -0.39 is 0 Å². The van der Waals surface area contributed by atoms with E-state index in [1.54, 1.807) is 0 Å². The van der Waals surface area contributed by atoms with Gasteiger partial charge < -0.3 is 4.42 Å². The van der Waals surface area contributed by atoms with Crippen molar-refractivity contribution in [2.45, 2.75) is 33.1 Å². The lowest BCUT2D eigenvalue weighted by Crippen LogP contribution is -2.14. The summed E-state index contributed by atoms with van der Waals surface area (Å²) in [7, 11) is 0. The molecule has 0 aliphatic carbocycles. The van der Waals surface area contributed by atoms with Crippen LogP contribution in [0.5, 0.6) is 0 Å². The maximum Gasteiger partial charge on any atom is 0.136 e. The Balaban J connectivity index is 1.86. The lowest BCUT2D eigenvalue weighted by molar-refractivity contribution is 0.594. The van der Waals surface area contributed by atoms with Gasteiger partial charge in [0.15, 0.2) is 0 Å². The summed E-state index contributed by atoms with van der Waals surface area (Å²) in [5.41, 5.74) is 9.57. The number of para-hydroxylation sites is 1. The van der Waals surface area contributed by atoms with Gasteiger partial charge in [-0.25, -0.2) is 0 Å². The Hall–Kier alpha value is -3.32. The Morgan fingerprint density at radius 1 is 0.600 bits per heavy atom. The summed E-state index contributed by atoms with van der Waals surface area (Å²) in [6.07, 6.45) is 0. The normalized spacial score (nSPS) is 12.0. The number of fused-ring (bicyclic) bond motifs is 3. The molecule has 30 heavy (non-hydrogen) atoms. The summed E-state index contributed by atoms with van der Waals surface area (Å²) >= 11 is 0. The van der Waals surface area contributed by atoms with E-state index in [1.165, 1.54) is 44.2 Å². The standard InChI is InChI=1S/C29H26O/c1-19-15-17-20(18-16-19)21-10-7-12-23(28(21)29(2,3)4)22-11-8-14-26-27(22)24-9-5-6-13-25(24)30-26/h5-18H,1-4H3. The molecule has 1 heterocycles. The molecular weight excluding hydrogens is 364 g/mol. The van der Waals surface area contributed by atoms with Crippen LogP contribution in [0.2, 0.25) is 0 Å². The third-order valence-corrected chi connectivity index (χ3v) is 5.87. The van der Waals surface area contributed by atoms with Crippen molar-refractivity contribution >= 4 is 21.9 Å². The molecule has 0 N–H and O–H groups in total. The Labute approximate surface area is 178 Å². The highest BCUT2D eigenvalue weighted by molar-refractivity contribution is 6.13. The molecule has 1 aromatic heterocycles. The average Bonchev–Trinajstić information content (AvgIpc) is 3.12. The van der Waals surface area contributed by atoms with E-state index in [4.69, 9.17) is 4.42 Å². The monoisotopic (exact) mass is 390 g/mol. The molecule has 0 saturated heterocycles. The smallest absolute Gasteiger partial charge is 0.136 e. The second-order valence-corrected chi connectivity index (χ2v) is 9.12. The number of hydrogen-bond acceptors (Lipinski definition) is 1. The molecule has 1 nitrogen and oxygen atoms in total. The molecule has 0 saturated carbocycles. The van der Waals surface area contributed by atoms with Crippen molar-refractivity contribution in [2.24, 2.45) is 0 Å². The summed E-state index contributed by atoms with van der Waals surface area (Å²) in [6.45, 7) is 9.04. The van der Waals surface area contributed by atoms with E-state index >= 15 is 0 Å². The third kappa shape index (κ3) is 3.02. The zero-order valence-electron chi connectivity index (χ0n) is 18.0. The van der Waals surface area contributed by atoms with Gasteiger partial charge in [0, 0.05) is 10.8 Å². The summed E-state index contributed by atoms with van der Waals surface area (Å²) in [4.78, 5) is 0. The van der Waals surface area contributed by atoms with Crippen molar-refractivity contribution in [1.29, 1.82) is 0 Å². The molecule has 0 radical (unpaired) electrons. The predicted molar refractivity (Wildman–Crippen MR) is 128 cm³/mol. The minimum absolute atomic E-state index is 0.0154. The fourth-order valence-electron chi connectivity index (χ4n) is 4.56. The predicted octanol–water partition coefficient (Wildman–Crippen LogP) is 8.53. The van der Waals surface area contributed by atoms with E-state index in [1.807, 2.05) is 12.1 Å². The highest BCUT2D eigenvalue weighted by Crippen LogP contribution is 2.44. The maximum absolute atomic E-state index is 6.17. The molecule has 1 heteroatoms. The fraction of sp³-hybridized carbons (Fsp3) is 0.172. The highest BCUT2D eigenvalue weighted by atomic mass is 16.3. The quantitative estimate of drug-likeness (QED) is 0.294. The number of hydrogen-bond donors (Lipinski definition) is 0. The first kappa shape index (κ1) is 18.7.